The van der Waals surface area contributed by atoms with E-state index in [9.17, 15) is 9.90 Å². The van der Waals surface area contributed by atoms with Crippen molar-refractivity contribution in [3.63, 3.8) is 0 Å². The van der Waals surface area contributed by atoms with Crippen molar-refractivity contribution in [3.8, 4) is 11.5 Å². The highest BCUT2D eigenvalue weighted by atomic mass is 16.5. The number of carbonyl (C=O) groups is 1. The van der Waals surface area contributed by atoms with Crippen LogP contribution in [0.4, 0.5) is 0 Å². The van der Waals surface area contributed by atoms with E-state index >= 15 is 0 Å². The van der Waals surface area contributed by atoms with Crippen LogP contribution >= 0.6 is 0 Å². The molecule has 1 amide bonds. The van der Waals surface area contributed by atoms with E-state index < -0.39 is 6.10 Å². The lowest BCUT2D eigenvalue weighted by molar-refractivity contribution is -0.127. The van der Waals surface area contributed by atoms with Gasteiger partial charge in [0, 0.05) is 38.8 Å². The molecule has 7 nitrogen and oxygen atoms in total. The first kappa shape index (κ1) is 24.4. The maximum atomic E-state index is 12.0. The van der Waals surface area contributed by atoms with Crippen LogP contribution in [-0.4, -0.2) is 63.2 Å². The summed E-state index contributed by atoms with van der Waals surface area (Å²) in [5, 5.41) is 16.1. The number of amides is 1. The van der Waals surface area contributed by atoms with Crippen LogP contribution in [0.1, 0.15) is 39.5 Å². The Morgan fingerprint density at radius 2 is 1.80 bits per heavy atom. The second-order valence-electron chi connectivity index (χ2n) is 8.20. The fourth-order valence-corrected chi connectivity index (χ4v) is 3.21. The smallest absolute Gasteiger partial charge is 0.223 e. The van der Waals surface area contributed by atoms with Gasteiger partial charge in [-0.3, -0.25) is 4.79 Å². The van der Waals surface area contributed by atoms with Crippen molar-refractivity contribution in [2.75, 3.05) is 46.1 Å². The molecular weight excluding hydrogens is 384 g/mol. The molecule has 1 atom stereocenters. The predicted molar refractivity (Wildman–Crippen MR) is 117 cm³/mol. The van der Waals surface area contributed by atoms with Crippen LogP contribution < -0.4 is 20.1 Å². The number of rotatable bonds is 14. The summed E-state index contributed by atoms with van der Waals surface area (Å²) in [6.45, 7) is 8.23. The molecule has 1 fully saturated rings. The Balaban J connectivity index is 1.50. The first-order valence-electron chi connectivity index (χ1n) is 11.1. The Bertz CT molecular complexity index is 588. The van der Waals surface area contributed by atoms with Crippen molar-refractivity contribution in [2.24, 2.45) is 11.8 Å². The molecule has 0 saturated carbocycles. The molecule has 1 aliphatic heterocycles. The van der Waals surface area contributed by atoms with Gasteiger partial charge in [0.2, 0.25) is 5.91 Å². The molecule has 0 radical (unpaired) electrons. The van der Waals surface area contributed by atoms with Gasteiger partial charge in [0.15, 0.2) is 0 Å². The minimum atomic E-state index is -0.622. The second-order valence-corrected chi connectivity index (χ2v) is 8.20. The third kappa shape index (κ3) is 10.3. The predicted octanol–water partition coefficient (Wildman–Crippen LogP) is 2.37. The Morgan fingerprint density at radius 3 is 2.47 bits per heavy atom. The average molecular weight is 423 g/mol. The molecular formula is C23H38N2O5. The molecule has 170 valence electrons. The lowest BCUT2D eigenvalue weighted by Gasteiger charge is -2.21. The van der Waals surface area contributed by atoms with Crippen LogP contribution in [0.25, 0.3) is 0 Å². The van der Waals surface area contributed by atoms with Crippen molar-refractivity contribution in [1.29, 1.82) is 0 Å². The fraction of sp³-hybridized carbons (Fsp3) is 0.696. The molecule has 0 bridgehead atoms. The van der Waals surface area contributed by atoms with E-state index in [0.717, 1.165) is 38.0 Å². The number of hydrogen-bond acceptors (Lipinski definition) is 6. The number of carbonyl (C=O) groups excluding carboxylic acids is 1. The van der Waals surface area contributed by atoms with Gasteiger partial charge in [-0.1, -0.05) is 13.8 Å². The van der Waals surface area contributed by atoms with Crippen LogP contribution in [0.15, 0.2) is 24.3 Å². The third-order valence-corrected chi connectivity index (χ3v) is 5.03. The molecule has 1 heterocycles. The molecule has 7 heteroatoms. The van der Waals surface area contributed by atoms with E-state index in [1.807, 2.05) is 24.3 Å². The molecule has 0 aromatic heterocycles. The monoisotopic (exact) mass is 422 g/mol. The van der Waals surface area contributed by atoms with Gasteiger partial charge in [-0.2, -0.15) is 0 Å². The molecule has 1 unspecified atom stereocenters. The molecule has 2 rings (SSSR count). The maximum Gasteiger partial charge on any atom is 0.223 e. The van der Waals surface area contributed by atoms with Crippen molar-refractivity contribution in [1.82, 2.24) is 10.6 Å². The number of aliphatic hydroxyl groups excluding tert-OH is 1. The molecule has 0 spiro atoms. The SMILES string of the molecule is CC(C)CCCOc1ccc(OCC(O)CNCCNC(=O)C2CCOCC2)cc1. The van der Waals surface area contributed by atoms with E-state index in [1.54, 1.807) is 0 Å². The summed E-state index contributed by atoms with van der Waals surface area (Å²) in [4.78, 5) is 12.0. The van der Waals surface area contributed by atoms with Crippen LogP contribution in [0.3, 0.4) is 0 Å². The average Bonchev–Trinajstić information content (AvgIpc) is 2.76. The van der Waals surface area contributed by atoms with Gasteiger partial charge in [0.1, 0.15) is 24.2 Å². The van der Waals surface area contributed by atoms with Crippen LogP contribution in [0.2, 0.25) is 0 Å². The first-order valence-corrected chi connectivity index (χ1v) is 11.1. The molecule has 1 saturated heterocycles. The molecule has 1 aromatic rings. The normalized spacial score (nSPS) is 15.7. The minimum absolute atomic E-state index is 0.0644. The van der Waals surface area contributed by atoms with E-state index in [4.69, 9.17) is 14.2 Å². The zero-order chi connectivity index (χ0) is 21.6. The third-order valence-electron chi connectivity index (χ3n) is 5.03. The highest BCUT2D eigenvalue weighted by Gasteiger charge is 2.20. The summed E-state index contributed by atoms with van der Waals surface area (Å²) < 4.78 is 16.6. The van der Waals surface area contributed by atoms with E-state index in [-0.39, 0.29) is 18.4 Å². The number of hydrogen-bond donors (Lipinski definition) is 3. The number of aliphatic hydroxyl groups is 1. The Morgan fingerprint density at radius 1 is 1.13 bits per heavy atom. The Kier molecular flexibility index (Phi) is 11.6. The van der Waals surface area contributed by atoms with Gasteiger partial charge in [-0.05, 0) is 55.9 Å². The molecule has 1 aromatic carbocycles. The van der Waals surface area contributed by atoms with Crippen molar-refractivity contribution in [2.45, 2.75) is 45.6 Å². The highest BCUT2D eigenvalue weighted by Crippen LogP contribution is 2.18. The van der Waals surface area contributed by atoms with E-state index in [1.165, 1.54) is 0 Å². The summed E-state index contributed by atoms with van der Waals surface area (Å²) in [6, 6.07) is 7.47. The van der Waals surface area contributed by atoms with E-state index in [0.29, 0.717) is 44.5 Å². The van der Waals surface area contributed by atoms with Crippen molar-refractivity contribution < 1.29 is 24.1 Å². The van der Waals surface area contributed by atoms with Gasteiger partial charge < -0.3 is 30.0 Å². The lowest BCUT2D eigenvalue weighted by atomic mass is 9.99. The van der Waals surface area contributed by atoms with Gasteiger partial charge >= 0.3 is 0 Å². The molecule has 1 aliphatic rings. The molecule has 0 aliphatic carbocycles. The van der Waals surface area contributed by atoms with Gasteiger partial charge in [-0.15, -0.1) is 0 Å². The lowest BCUT2D eigenvalue weighted by Crippen LogP contribution is -2.40. The van der Waals surface area contributed by atoms with Crippen molar-refractivity contribution >= 4 is 5.91 Å². The number of benzene rings is 1. The first-order chi connectivity index (χ1) is 14.5. The number of ether oxygens (including phenoxy) is 3. The van der Waals surface area contributed by atoms with Gasteiger partial charge in [-0.25, -0.2) is 0 Å². The largest absolute Gasteiger partial charge is 0.494 e. The second kappa shape index (κ2) is 14.2. The quantitative estimate of drug-likeness (QED) is 0.399. The van der Waals surface area contributed by atoms with Crippen LogP contribution in [0, 0.1) is 11.8 Å². The standard InChI is InChI=1S/C23H38N2O5/c1-18(2)4-3-13-29-21-5-7-22(8-6-21)30-17-20(26)16-24-11-12-25-23(27)19-9-14-28-15-10-19/h5-8,18-20,24,26H,3-4,9-17H2,1-2H3,(H,25,27). The van der Waals surface area contributed by atoms with Gasteiger partial charge in [0.05, 0.1) is 6.61 Å². The molecule has 30 heavy (non-hydrogen) atoms. The minimum Gasteiger partial charge on any atom is -0.494 e. The van der Waals surface area contributed by atoms with Crippen LogP contribution in [0.5, 0.6) is 11.5 Å². The molecule has 3 N–H and O–H groups in total. The highest BCUT2D eigenvalue weighted by molar-refractivity contribution is 5.78. The Labute approximate surface area is 180 Å². The fourth-order valence-electron chi connectivity index (χ4n) is 3.21. The zero-order valence-electron chi connectivity index (χ0n) is 18.4. The summed E-state index contributed by atoms with van der Waals surface area (Å²) in [5.74, 6) is 2.38. The summed E-state index contributed by atoms with van der Waals surface area (Å²) in [6.07, 6.45) is 3.17. The van der Waals surface area contributed by atoms with Crippen LogP contribution in [-0.2, 0) is 9.53 Å². The maximum absolute atomic E-state index is 12.0. The van der Waals surface area contributed by atoms with Gasteiger partial charge in [0.25, 0.3) is 0 Å². The number of nitrogens with one attached hydrogen (secondary N) is 2. The summed E-state index contributed by atoms with van der Waals surface area (Å²) in [5.41, 5.74) is 0. The summed E-state index contributed by atoms with van der Waals surface area (Å²) in [7, 11) is 0. The zero-order valence-corrected chi connectivity index (χ0v) is 18.4. The van der Waals surface area contributed by atoms with E-state index in [2.05, 4.69) is 24.5 Å². The van der Waals surface area contributed by atoms with Crippen molar-refractivity contribution in [3.05, 3.63) is 24.3 Å². The summed E-state index contributed by atoms with van der Waals surface area (Å²) >= 11 is 0. The topological polar surface area (TPSA) is 89.0 Å². The Hall–Kier alpha value is -1.83.